The average molecular weight is 254 g/mol. The molecular weight excluding hydrogens is 244 g/mol. The van der Waals surface area contributed by atoms with Gasteiger partial charge in [0.25, 0.3) is 0 Å². The summed E-state index contributed by atoms with van der Waals surface area (Å²) in [4.78, 5) is 0. The predicted molar refractivity (Wildman–Crippen MR) is 59.3 cm³/mol. The summed E-state index contributed by atoms with van der Waals surface area (Å²) in [6.07, 6.45) is 3.56. The highest BCUT2D eigenvalue weighted by atomic mass is 19.2. The Balaban J connectivity index is 2.40. The fraction of sp³-hybridized carbons (Fsp3) is 0.286. The van der Waals surface area contributed by atoms with E-state index in [1.165, 1.54) is 0 Å². The van der Waals surface area contributed by atoms with Crippen LogP contribution < -0.4 is 0 Å². The van der Waals surface area contributed by atoms with Gasteiger partial charge in [0.1, 0.15) is 0 Å². The van der Waals surface area contributed by atoms with Gasteiger partial charge in [0, 0.05) is 23.0 Å². The summed E-state index contributed by atoms with van der Waals surface area (Å²) >= 11 is 0. The number of halogens is 4. The summed E-state index contributed by atoms with van der Waals surface area (Å²) < 4.78 is 54.3. The van der Waals surface area contributed by atoms with Crippen LogP contribution >= 0.6 is 0 Å². The van der Waals surface area contributed by atoms with Crippen molar-refractivity contribution in [2.75, 3.05) is 0 Å². The molecule has 0 amide bonds. The second kappa shape index (κ2) is 3.46. The van der Waals surface area contributed by atoms with Gasteiger partial charge < -0.3 is 0 Å². The Labute approximate surface area is 102 Å². The summed E-state index contributed by atoms with van der Waals surface area (Å²) in [7, 11) is 0. The summed E-state index contributed by atoms with van der Waals surface area (Å²) in [5, 5.41) is 0. The van der Waals surface area contributed by atoms with Crippen LogP contribution in [0.2, 0.25) is 0 Å². The Morgan fingerprint density at radius 3 is 1.33 bits per heavy atom. The normalized spacial score (nSPS) is 24.8. The zero-order chi connectivity index (χ0) is 13.2. The molecule has 0 spiro atoms. The molecule has 2 bridgehead atoms. The molecule has 4 heteroatoms. The van der Waals surface area contributed by atoms with Gasteiger partial charge in [0.15, 0.2) is 23.3 Å². The minimum Gasteiger partial charge on any atom is -0.203 e. The third kappa shape index (κ3) is 1.21. The largest absolute Gasteiger partial charge is 0.203 e. The van der Waals surface area contributed by atoms with Gasteiger partial charge in [-0.15, -0.1) is 0 Å². The molecule has 1 aromatic rings. The van der Waals surface area contributed by atoms with E-state index in [0.29, 0.717) is 0 Å². The van der Waals surface area contributed by atoms with Crippen molar-refractivity contribution in [3.63, 3.8) is 0 Å². The number of allylic oxidation sites excluding steroid dienone is 4. The van der Waals surface area contributed by atoms with Crippen LogP contribution in [-0.2, 0) is 0 Å². The van der Waals surface area contributed by atoms with Crippen molar-refractivity contribution in [1.82, 2.24) is 0 Å². The zero-order valence-corrected chi connectivity index (χ0v) is 9.82. The Kier molecular flexibility index (Phi) is 2.22. The second-order valence-corrected chi connectivity index (χ2v) is 4.86. The maximum atomic E-state index is 13.8. The van der Waals surface area contributed by atoms with Crippen LogP contribution in [0.5, 0.6) is 0 Å². The second-order valence-electron chi connectivity index (χ2n) is 4.86. The molecule has 0 aliphatic heterocycles. The van der Waals surface area contributed by atoms with Gasteiger partial charge in [-0.3, -0.25) is 0 Å². The van der Waals surface area contributed by atoms with E-state index in [4.69, 9.17) is 0 Å². The van der Waals surface area contributed by atoms with Gasteiger partial charge in [0.2, 0.25) is 0 Å². The van der Waals surface area contributed by atoms with Crippen LogP contribution in [0, 0.1) is 23.3 Å². The highest BCUT2D eigenvalue weighted by molar-refractivity contribution is 5.57. The first-order valence-electron chi connectivity index (χ1n) is 5.65. The number of hydrogen-bond donors (Lipinski definition) is 0. The van der Waals surface area contributed by atoms with Crippen molar-refractivity contribution >= 4 is 0 Å². The molecule has 0 radical (unpaired) electrons. The molecule has 0 fully saturated rings. The lowest BCUT2D eigenvalue weighted by molar-refractivity contribution is 0.393. The van der Waals surface area contributed by atoms with E-state index in [1.54, 1.807) is 26.0 Å². The molecule has 3 aliphatic carbocycles. The maximum absolute atomic E-state index is 13.8. The molecule has 1 aromatic carbocycles. The van der Waals surface area contributed by atoms with Gasteiger partial charge in [-0.25, -0.2) is 17.6 Å². The third-order valence-corrected chi connectivity index (χ3v) is 3.80. The lowest BCUT2D eigenvalue weighted by Gasteiger charge is -2.35. The van der Waals surface area contributed by atoms with Crippen molar-refractivity contribution in [3.8, 4) is 0 Å². The van der Waals surface area contributed by atoms with Gasteiger partial charge in [-0.05, 0) is 13.8 Å². The van der Waals surface area contributed by atoms with E-state index in [0.717, 1.165) is 11.1 Å². The fourth-order valence-electron chi connectivity index (χ4n) is 2.89. The summed E-state index contributed by atoms with van der Waals surface area (Å²) in [6.45, 7) is 3.56. The average Bonchev–Trinajstić information content (AvgIpc) is 2.34. The van der Waals surface area contributed by atoms with Crippen molar-refractivity contribution in [2.24, 2.45) is 0 Å². The monoisotopic (exact) mass is 254 g/mol. The van der Waals surface area contributed by atoms with E-state index in [-0.39, 0.29) is 11.1 Å². The molecule has 2 atom stereocenters. The van der Waals surface area contributed by atoms with Crippen molar-refractivity contribution in [3.05, 3.63) is 57.7 Å². The van der Waals surface area contributed by atoms with Gasteiger partial charge in [-0.1, -0.05) is 23.3 Å². The van der Waals surface area contributed by atoms with E-state index >= 15 is 0 Å². The minimum atomic E-state index is -1.72. The molecule has 18 heavy (non-hydrogen) atoms. The third-order valence-electron chi connectivity index (χ3n) is 3.80. The fourth-order valence-corrected chi connectivity index (χ4v) is 2.89. The molecule has 3 aliphatic rings. The van der Waals surface area contributed by atoms with Crippen LogP contribution in [0.3, 0.4) is 0 Å². The lowest BCUT2D eigenvalue weighted by Crippen LogP contribution is -2.24. The summed E-state index contributed by atoms with van der Waals surface area (Å²) in [5.41, 5.74) is 1.56. The number of benzene rings is 1. The Hall–Kier alpha value is -1.58. The van der Waals surface area contributed by atoms with Crippen molar-refractivity contribution in [1.29, 1.82) is 0 Å². The molecule has 0 heterocycles. The summed E-state index contributed by atoms with van der Waals surface area (Å²) in [6, 6.07) is 0. The van der Waals surface area contributed by atoms with E-state index in [9.17, 15) is 17.6 Å². The van der Waals surface area contributed by atoms with Gasteiger partial charge in [0.05, 0.1) is 0 Å². The Morgan fingerprint density at radius 2 is 1.00 bits per heavy atom. The Morgan fingerprint density at radius 1 is 0.667 bits per heavy atom. The first-order chi connectivity index (χ1) is 8.43. The topological polar surface area (TPSA) is 0 Å². The molecule has 0 N–H and O–H groups in total. The van der Waals surface area contributed by atoms with Crippen LogP contribution in [0.4, 0.5) is 17.6 Å². The van der Waals surface area contributed by atoms with Gasteiger partial charge >= 0.3 is 0 Å². The van der Waals surface area contributed by atoms with Crippen molar-refractivity contribution < 1.29 is 17.6 Å². The number of rotatable bonds is 0. The van der Waals surface area contributed by atoms with E-state index in [1.807, 2.05) is 0 Å². The van der Waals surface area contributed by atoms with E-state index < -0.39 is 35.1 Å². The predicted octanol–water partition coefficient (Wildman–Crippen LogP) is 4.33. The molecule has 0 saturated heterocycles. The molecular formula is C14H10F4. The molecule has 0 unspecified atom stereocenters. The summed E-state index contributed by atoms with van der Waals surface area (Å²) in [5.74, 6) is -6.97. The highest BCUT2D eigenvalue weighted by Crippen LogP contribution is 2.50. The SMILES string of the molecule is CC1=C[C@@H]2C(C)=C[C@H]1c1c(F)c(F)c(F)c(F)c12. The van der Waals surface area contributed by atoms with Crippen LogP contribution in [-0.4, -0.2) is 0 Å². The van der Waals surface area contributed by atoms with Crippen LogP contribution in [0.15, 0.2) is 23.3 Å². The van der Waals surface area contributed by atoms with Gasteiger partial charge in [-0.2, -0.15) is 0 Å². The Bertz CT molecular complexity index is 570. The number of hydrogen-bond acceptors (Lipinski definition) is 0. The van der Waals surface area contributed by atoms with Crippen LogP contribution in [0.25, 0.3) is 0 Å². The van der Waals surface area contributed by atoms with Crippen molar-refractivity contribution in [2.45, 2.75) is 25.7 Å². The molecule has 0 aromatic heterocycles. The smallest absolute Gasteiger partial charge is 0.197 e. The first kappa shape index (κ1) is 11.5. The van der Waals surface area contributed by atoms with Crippen LogP contribution in [0.1, 0.15) is 36.8 Å². The zero-order valence-electron chi connectivity index (χ0n) is 9.82. The lowest BCUT2D eigenvalue weighted by atomic mass is 9.69. The molecule has 0 saturated carbocycles. The molecule has 0 nitrogen and oxygen atoms in total. The maximum Gasteiger partial charge on any atom is 0.197 e. The quantitative estimate of drug-likeness (QED) is 0.280. The highest BCUT2D eigenvalue weighted by Gasteiger charge is 2.39. The van der Waals surface area contributed by atoms with E-state index in [2.05, 4.69) is 0 Å². The molecule has 94 valence electrons. The standard InChI is InChI=1S/C14H10F4/c1-5-3-8-6(2)4-7(5)9-10(8)12(16)14(18)13(17)11(9)15/h3-4,7-8H,1-2H3/t7-,8-/m1/s1. The molecule has 4 rings (SSSR count). The minimum absolute atomic E-state index is 0.0537. The first-order valence-corrected chi connectivity index (χ1v) is 5.65.